The van der Waals surface area contributed by atoms with Crippen LogP contribution in [0.15, 0.2) is 49.2 Å². The Morgan fingerprint density at radius 3 is 2.48 bits per heavy atom. The Balaban J connectivity index is 1.37. The fraction of sp³-hybridized carbons (Fsp3) is 0.379. The van der Waals surface area contributed by atoms with Gasteiger partial charge in [-0.15, -0.1) is 0 Å². The van der Waals surface area contributed by atoms with Crippen molar-refractivity contribution in [1.82, 2.24) is 24.3 Å². The molecular formula is C29H28F3N5O3. The molecule has 2 aromatic heterocycles. The van der Waals surface area contributed by atoms with Gasteiger partial charge >= 0.3 is 6.18 Å². The van der Waals surface area contributed by atoms with Crippen molar-refractivity contribution in [3.63, 3.8) is 0 Å². The molecule has 40 heavy (non-hydrogen) atoms. The summed E-state index contributed by atoms with van der Waals surface area (Å²) in [5.74, 6) is -0.576. The molecular weight excluding hydrogens is 523 g/mol. The van der Waals surface area contributed by atoms with Gasteiger partial charge in [0.25, 0.3) is 5.91 Å². The molecule has 1 aliphatic carbocycles. The average Bonchev–Trinajstić information content (AvgIpc) is 3.16. The molecule has 1 fully saturated rings. The maximum Gasteiger partial charge on any atom is 0.437 e. The molecule has 6 rings (SSSR count). The highest BCUT2D eigenvalue weighted by molar-refractivity contribution is 5.95. The molecule has 11 heteroatoms. The quantitative estimate of drug-likeness (QED) is 0.475. The van der Waals surface area contributed by atoms with E-state index in [4.69, 9.17) is 4.98 Å². The average molecular weight is 552 g/mol. The highest BCUT2D eigenvalue weighted by Crippen LogP contribution is 2.40. The lowest BCUT2D eigenvalue weighted by atomic mass is 9.80. The Morgan fingerprint density at radius 2 is 1.85 bits per heavy atom. The number of aromatic hydroxyl groups is 1. The molecule has 3 aliphatic rings. The van der Waals surface area contributed by atoms with Crippen molar-refractivity contribution in [2.45, 2.75) is 50.4 Å². The smallest absolute Gasteiger partial charge is 0.437 e. The maximum absolute atomic E-state index is 13.6. The molecule has 2 amide bonds. The number of pyridine rings is 1. The highest BCUT2D eigenvalue weighted by Gasteiger charge is 2.41. The summed E-state index contributed by atoms with van der Waals surface area (Å²) < 4.78 is 41.4. The lowest BCUT2D eigenvalue weighted by Crippen LogP contribution is -2.47. The lowest BCUT2D eigenvalue weighted by Gasteiger charge is -2.38. The summed E-state index contributed by atoms with van der Waals surface area (Å²) in [5.41, 5.74) is 2.24. The SMILES string of the molecule is C=CC(=O)N1CCc2nc(-c3ccc(C4CCC4)cc3)n3c2C(C1)N(C(=O)c1cnc(C(F)(F)F)c(O)c1)CC3. The van der Waals surface area contributed by atoms with Crippen LogP contribution in [-0.2, 0) is 23.9 Å². The Bertz CT molecular complexity index is 1490. The molecule has 3 aromatic rings. The number of carbonyl (C=O) groups is 2. The topological polar surface area (TPSA) is 91.6 Å². The number of halogens is 3. The van der Waals surface area contributed by atoms with Crippen LogP contribution in [0.1, 0.15) is 64.2 Å². The van der Waals surface area contributed by atoms with E-state index in [0.29, 0.717) is 25.4 Å². The van der Waals surface area contributed by atoms with E-state index in [1.54, 1.807) is 4.90 Å². The second-order valence-corrected chi connectivity index (χ2v) is 10.5. The van der Waals surface area contributed by atoms with Crippen LogP contribution < -0.4 is 0 Å². The van der Waals surface area contributed by atoms with Gasteiger partial charge in [-0.25, -0.2) is 9.97 Å². The van der Waals surface area contributed by atoms with Gasteiger partial charge in [-0.3, -0.25) is 9.59 Å². The third-order valence-electron chi connectivity index (χ3n) is 8.23. The van der Waals surface area contributed by atoms with Gasteiger partial charge in [0.2, 0.25) is 5.91 Å². The molecule has 1 atom stereocenters. The number of rotatable bonds is 4. The van der Waals surface area contributed by atoms with E-state index in [2.05, 4.69) is 40.4 Å². The largest absolute Gasteiger partial charge is 0.506 e. The van der Waals surface area contributed by atoms with Gasteiger partial charge in [-0.1, -0.05) is 37.3 Å². The van der Waals surface area contributed by atoms with E-state index >= 15 is 0 Å². The van der Waals surface area contributed by atoms with E-state index in [1.807, 2.05) is 0 Å². The number of alkyl halides is 3. The minimum atomic E-state index is -4.85. The minimum Gasteiger partial charge on any atom is -0.506 e. The molecule has 0 saturated heterocycles. The molecule has 2 aliphatic heterocycles. The third kappa shape index (κ3) is 4.43. The zero-order valence-corrected chi connectivity index (χ0v) is 21.7. The second-order valence-electron chi connectivity index (χ2n) is 10.5. The first-order valence-corrected chi connectivity index (χ1v) is 13.3. The van der Waals surface area contributed by atoms with Gasteiger partial charge in [0.05, 0.1) is 23.0 Å². The van der Waals surface area contributed by atoms with Gasteiger partial charge in [0.15, 0.2) is 5.69 Å². The van der Waals surface area contributed by atoms with Gasteiger partial charge in [0, 0.05) is 44.4 Å². The molecule has 0 spiro atoms. The van der Waals surface area contributed by atoms with E-state index in [0.717, 1.165) is 35.0 Å². The zero-order valence-electron chi connectivity index (χ0n) is 21.7. The summed E-state index contributed by atoms with van der Waals surface area (Å²) in [5, 5.41) is 9.97. The molecule has 4 heterocycles. The van der Waals surface area contributed by atoms with Crippen molar-refractivity contribution < 1.29 is 27.9 Å². The van der Waals surface area contributed by atoms with Crippen molar-refractivity contribution in [3.8, 4) is 17.1 Å². The standard InChI is InChI=1S/C29H28F3N5O3/c1-2-24(39)35-11-10-21-25-22(16-35)36(28(40)20-14-23(38)26(33-15-20)29(30,31)32)12-13-37(25)27(34-21)19-8-6-18(7-9-19)17-4-3-5-17/h2,6-9,14-15,17,22,38H,1,3-5,10-13,16H2. The summed E-state index contributed by atoms with van der Waals surface area (Å²) in [6.45, 7) is 4.80. The van der Waals surface area contributed by atoms with E-state index < -0.39 is 29.6 Å². The van der Waals surface area contributed by atoms with Crippen LogP contribution in [-0.4, -0.2) is 60.9 Å². The van der Waals surface area contributed by atoms with E-state index in [9.17, 15) is 27.9 Å². The van der Waals surface area contributed by atoms with Crippen LogP contribution in [0, 0.1) is 0 Å². The van der Waals surface area contributed by atoms with Gasteiger partial charge in [-0.05, 0) is 36.5 Å². The first kappa shape index (κ1) is 26.1. The molecule has 0 bridgehead atoms. The summed E-state index contributed by atoms with van der Waals surface area (Å²) in [6.07, 6.45) is 1.36. The number of nitrogens with zero attached hydrogens (tertiary/aromatic N) is 5. The van der Waals surface area contributed by atoms with Gasteiger partial charge < -0.3 is 19.5 Å². The summed E-state index contributed by atoms with van der Waals surface area (Å²) in [7, 11) is 0. The van der Waals surface area contributed by atoms with Crippen LogP contribution in [0.2, 0.25) is 0 Å². The first-order valence-electron chi connectivity index (χ1n) is 13.3. The number of hydrogen-bond donors (Lipinski definition) is 1. The predicted octanol–water partition coefficient (Wildman–Crippen LogP) is 4.70. The van der Waals surface area contributed by atoms with Crippen LogP contribution in [0.25, 0.3) is 11.4 Å². The van der Waals surface area contributed by atoms with Crippen molar-refractivity contribution in [2.75, 3.05) is 19.6 Å². The molecule has 1 aromatic carbocycles. The fourth-order valence-corrected chi connectivity index (χ4v) is 5.93. The molecule has 208 valence electrons. The van der Waals surface area contributed by atoms with Crippen molar-refractivity contribution in [1.29, 1.82) is 0 Å². The Labute approximate surface area is 228 Å². The maximum atomic E-state index is 13.6. The highest BCUT2D eigenvalue weighted by atomic mass is 19.4. The van der Waals surface area contributed by atoms with Crippen LogP contribution in [0.4, 0.5) is 13.2 Å². The van der Waals surface area contributed by atoms with Crippen LogP contribution >= 0.6 is 0 Å². The van der Waals surface area contributed by atoms with Crippen molar-refractivity contribution in [3.05, 3.63) is 77.4 Å². The van der Waals surface area contributed by atoms with Crippen LogP contribution in [0.5, 0.6) is 5.75 Å². The third-order valence-corrected chi connectivity index (χ3v) is 8.23. The summed E-state index contributed by atoms with van der Waals surface area (Å²) in [4.78, 5) is 37.7. The second kappa shape index (κ2) is 9.79. The van der Waals surface area contributed by atoms with E-state index in [-0.39, 0.29) is 24.6 Å². The molecule has 1 N–H and O–H groups in total. The molecule has 1 saturated carbocycles. The van der Waals surface area contributed by atoms with Gasteiger partial charge in [-0.2, -0.15) is 13.2 Å². The van der Waals surface area contributed by atoms with Crippen molar-refractivity contribution in [2.24, 2.45) is 0 Å². The number of benzene rings is 1. The van der Waals surface area contributed by atoms with Crippen molar-refractivity contribution >= 4 is 11.8 Å². The lowest BCUT2D eigenvalue weighted by molar-refractivity contribution is -0.142. The van der Waals surface area contributed by atoms with E-state index in [1.165, 1.54) is 35.8 Å². The summed E-state index contributed by atoms with van der Waals surface area (Å²) >= 11 is 0. The number of hydrogen-bond acceptors (Lipinski definition) is 5. The number of aromatic nitrogens is 3. The molecule has 0 radical (unpaired) electrons. The Hall–Kier alpha value is -4.15. The zero-order chi connectivity index (χ0) is 28.2. The van der Waals surface area contributed by atoms with Crippen LogP contribution in [0.3, 0.4) is 0 Å². The Kier molecular flexibility index (Phi) is 6.39. The number of amides is 2. The predicted molar refractivity (Wildman–Crippen MR) is 139 cm³/mol. The van der Waals surface area contributed by atoms with Gasteiger partial charge in [0.1, 0.15) is 11.6 Å². The number of carbonyl (C=O) groups excluding carboxylic acids is 2. The normalized spacial score (nSPS) is 19.0. The fourth-order valence-electron chi connectivity index (χ4n) is 5.93. The molecule has 1 unspecified atom stereocenters. The monoisotopic (exact) mass is 551 g/mol. The summed E-state index contributed by atoms with van der Waals surface area (Å²) in [6, 6.07) is 8.66. The Morgan fingerprint density at radius 1 is 1.10 bits per heavy atom. The number of imidazole rings is 1. The first-order chi connectivity index (χ1) is 19.2. The minimum absolute atomic E-state index is 0.169. The molecule has 8 nitrogen and oxygen atoms in total.